The van der Waals surface area contributed by atoms with Crippen LogP contribution in [0.25, 0.3) is 0 Å². The van der Waals surface area contributed by atoms with Crippen molar-refractivity contribution in [3.63, 3.8) is 0 Å². The SMILES string of the molecule is C=C/C=C(\CC)OC(C)c1ccc(C(=O)NCc2c(C)cc(C)[nH]c2=O)cc1C.CC. The maximum atomic E-state index is 12.6. The second kappa shape index (κ2) is 12.6. The Bertz CT molecular complexity index is 987. The van der Waals surface area contributed by atoms with Gasteiger partial charge < -0.3 is 15.0 Å². The summed E-state index contributed by atoms with van der Waals surface area (Å²) in [5.41, 5.74) is 4.62. The largest absolute Gasteiger partial charge is 0.490 e. The van der Waals surface area contributed by atoms with Crippen LogP contribution in [-0.2, 0) is 11.3 Å². The number of pyridine rings is 1. The number of benzene rings is 1. The zero-order valence-electron chi connectivity index (χ0n) is 19.9. The molecule has 1 aromatic carbocycles. The summed E-state index contributed by atoms with van der Waals surface area (Å²) in [5, 5.41) is 2.84. The van der Waals surface area contributed by atoms with Gasteiger partial charge in [-0.25, -0.2) is 0 Å². The summed E-state index contributed by atoms with van der Waals surface area (Å²) < 4.78 is 6.00. The van der Waals surface area contributed by atoms with E-state index in [1.165, 1.54) is 0 Å². The Kier molecular flexibility index (Phi) is 10.5. The van der Waals surface area contributed by atoms with Crippen LogP contribution in [0.1, 0.15) is 78.5 Å². The van der Waals surface area contributed by atoms with Crippen molar-refractivity contribution in [3.05, 3.63) is 92.6 Å². The molecule has 31 heavy (non-hydrogen) atoms. The highest BCUT2D eigenvalue weighted by Crippen LogP contribution is 2.25. The van der Waals surface area contributed by atoms with E-state index in [0.717, 1.165) is 34.6 Å². The van der Waals surface area contributed by atoms with Gasteiger partial charge in [-0.1, -0.05) is 39.5 Å². The average molecular weight is 425 g/mol. The van der Waals surface area contributed by atoms with Crippen molar-refractivity contribution in [2.24, 2.45) is 0 Å². The Balaban J connectivity index is 0.00000233. The fraction of sp³-hybridized carbons (Fsp3) is 0.385. The normalized spacial score (nSPS) is 11.8. The molecule has 0 saturated heterocycles. The number of nitrogens with one attached hydrogen (secondary N) is 2. The molecule has 1 unspecified atom stereocenters. The van der Waals surface area contributed by atoms with Gasteiger partial charge >= 0.3 is 0 Å². The highest BCUT2D eigenvalue weighted by Gasteiger charge is 2.14. The first kappa shape index (κ1) is 26.0. The van der Waals surface area contributed by atoms with Crippen molar-refractivity contribution in [2.75, 3.05) is 0 Å². The van der Waals surface area contributed by atoms with E-state index in [2.05, 4.69) is 16.9 Å². The molecular formula is C26H36N2O3. The molecule has 0 aliphatic carbocycles. The number of aromatic amines is 1. The molecule has 1 atom stereocenters. The van der Waals surface area contributed by atoms with Crippen LogP contribution >= 0.6 is 0 Å². The van der Waals surface area contributed by atoms with Gasteiger partial charge in [0.1, 0.15) is 6.10 Å². The molecule has 5 heteroatoms. The van der Waals surface area contributed by atoms with Gasteiger partial charge in [-0.3, -0.25) is 9.59 Å². The predicted molar refractivity (Wildman–Crippen MR) is 128 cm³/mol. The van der Waals surface area contributed by atoms with Crippen LogP contribution in [0.15, 0.2) is 53.6 Å². The Hall–Kier alpha value is -3.08. The standard InChI is InChI=1S/C24H30N2O3.C2H6/c1-7-9-20(8-2)29-18(6)21-11-10-19(13-16(21)4)23(27)25-14-22-15(3)12-17(5)26-24(22)28;1-2/h7,9-13,18H,1,8,14H2,2-6H3,(H,25,27)(H,26,28);1-2H3/b20-9+;. The lowest BCUT2D eigenvalue weighted by Gasteiger charge is -2.19. The number of H-pyrrole nitrogens is 1. The van der Waals surface area contributed by atoms with Gasteiger partial charge in [0, 0.05) is 29.8 Å². The predicted octanol–water partition coefficient (Wildman–Crippen LogP) is 5.81. The summed E-state index contributed by atoms with van der Waals surface area (Å²) in [6.45, 7) is 17.6. The van der Waals surface area contributed by atoms with Crippen LogP contribution in [0.2, 0.25) is 0 Å². The van der Waals surface area contributed by atoms with Crippen molar-refractivity contribution in [2.45, 2.75) is 67.5 Å². The third-order valence-corrected chi connectivity index (χ3v) is 4.87. The van der Waals surface area contributed by atoms with Crippen molar-refractivity contribution < 1.29 is 9.53 Å². The van der Waals surface area contributed by atoms with Gasteiger partial charge in [0.05, 0.1) is 5.76 Å². The molecule has 0 fully saturated rings. The zero-order chi connectivity index (χ0) is 23.6. The number of carbonyl (C=O) groups is 1. The molecule has 1 amide bonds. The first-order valence-electron chi connectivity index (χ1n) is 10.8. The Morgan fingerprint density at radius 2 is 1.87 bits per heavy atom. The van der Waals surface area contributed by atoms with Gasteiger partial charge in [0.15, 0.2) is 0 Å². The summed E-state index contributed by atoms with van der Waals surface area (Å²) in [7, 11) is 0. The van der Waals surface area contributed by atoms with Crippen molar-refractivity contribution in [3.8, 4) is 0 Å². The summed E-state index contributed by atoms with van der Waals surface area (Å²) in [6.07, 6.45) is 4.23. The van der Waals surface area contributed by atoms with E-state index in [4.69, 9.17) is 4.74 Å². The lowest BCUT2D eigenvalue weighted by Crippen LogP contribution is -2.28. The Labute approximate surface area is 186 Å². The fourth-order valence-electron chi connectivity index (χ4n) is 3.31. The van der Waals surface area contributed by atoms with E-state index in [-0.39, 0.29) is 24.1 Å². The minimum absolute atomic E-state index is 0.132. The summed E-state index contributed by atoms with van der Waals surface area (Å²) >= 11 is 0. The second-order valence-corrected chi connectivity index (χ2v) is 7.18. The van der Waals surface area contributed by atoms with Gasteiger partial charge in [0.25, 0.3) is 11.5 Å². The van der Waals surface area contributed by atoms with Crippen molar-refractivity contribution >= 4 is 5.91 Å². The van der Waals surface area contributed by atoms with Crippen LogP contribution in [0.4, 0.5) is 0 Å². The van der Waals surface area contributed by atoms with E-state index in [1.54, 1.807) is 12.1 Å². The van der Waals surface area contributed by atoms with E-state index < -0.39 is 0 Å². The quantitative estimate of drug-likeness (QED) is 0.415. The van der Waals surface area contributed by atoms with E-state index >= 15 is 0 Å². The van der Waals surface area contributed by atoms with Crippen LogP contribution in [0, 0.1) is 20.8 Å². The Morgan fingerprint density at radius 3 is 2.42 bits per heavy atom. The molecule has 1 heterocycles. The lowest BCUT2D eigenvalue weighted by molar-refractivity contribution is 0.0950. The number of carbonyl (C=O) groups excluding carboxylic acids is 1. The molecule has 2 rings (SSSR count). The van der Waals surface area contributed by atoms with Gasteiger partial charge in [-0.15, -0.1) is 0 Å². The van der Waals surface area contributed by atoms with Crippen LogP contribution in [0.3, 0.4) is 0 Å². The third-order valence-electron chi connectivity index (χ3n) is 4.87. The first-order chi connectivity index (χ1) is 14.8. The van der Waals surface area contributed by atoms with Crippen LogP contribution in [0.5, 0.6) is 0 Å². The summed E-state index contributed by atoms with van der Waals surface area (Å²) in [5.74, 6) is 0.654. The maximum absolute atomic E-state index is 12.6. The molecule has 168 valence electrons. The number of hydrogen-bond donors (Lipinski definition) is 2. The molecule has 1 aromatic heterocycles. The molecule has 2 aromatic rings. The molecule has 5 nitrogen and oxygen atoms in total. The van der Waals surface area contributed by atoms with Gasteiger partial charge in [0.2, 0.25) is 0 Å². The molecule has 0 aliphatic heterocycles. The first-order valence-corrected chi connectivity index (χ1v) is 10.8. The smallest absolute Gasteiger partial charge is 0.253 e. The minimum atomic E-state index is -0.214. The second-order valence-electron chi connectivity index (χ2n) is 7.18. The van der Waals surface area contributed by atoms with Gasteiger partial charge in [-0.2, -0.15) is 0 Å². The fourth-order valence-corrected chi connectivity index (χ4v) is 3.31. The number of aryl methyl sites for hydroxylation is 3. The molecule has 0 radical (unpaired) electrons. The highest BCUT2D eigenvalue weighted by molar-refractivity contribution is 5.94. The number of aromatic nitrogens is 1. The number of rotatable bonds is 8. The molecule has 0 aliphatic rings. The molecule has 0 bridgehead atoms. The molecule has 0 saturated carbocycles. The third kappa shape index (κ3) is 7.28. The maximum Gasteiger partial charge on any atom is 0.253 e. The monoisotopic (exact) mass is 424 g/mol. The molecular weight excluding hydrogens is 388 g/mol. The van der Waals surface area contributed by atoms with E-state index in [1.807, 2.05) is 72.7 Å². The summed E-state index contributed by atoms with van der Waals surface area (Å²) in [6, 6.07) is 7.45. The topological polar surface area (TPSA) is 71.2 Å². The number of amides is 1. The van der Waals surface area contributed by atoms with E-state index in [0.29, 0.717) is 11.1 Å². The highest BCUT2D eigenvalue weighted by atomic mass is 16.5. The number of ether oxygens (including phenoxy) is 1. The summed E-state index contributed by atoms with van der Waals surface area (Å²) in [4.78, 5) is 27.5. The zero-order valence-corrected chi connectivity index (χ0v) is 19.9. The van der Waals surface area contributed by atoms with E-state index in [9.17, 15) is 9.59 Å². The molecule has 2 N–H and O–H groups in total. The Morgan fingerprint density at radius 1 is 1.19 bits per heavy atom. The van der Waals surface area contributed by atoms with Crippen LogP contribution < -0.4 is 10.9 Å². The van der Waals surface area contributed by atoms with Gasteiger partial charge in [-0.05, 0) is 68.7 Å². The molecule has 0 spiro atoms. The number of allylic oxidation sites excluding steroid dienone is 3. The van der Waals surface area contributed by atoms with Crippen LogP contribution in [-0.4, -0.2) is 10.9 Å². The van der Waals surface area contributed by atoms with Crippen molar-refractivity contribution in [1.82, 2.24) is 10.3 Å². The van der Waals surface area contributed by atoms with Crippen molar-refractivity contribution in [1.29, 1.82) is 0 Å². The lowest BCUT2D eigenvalue weighted by atomic mass is 10.0. The number of hydrogen-bond acceptors (Lipinski definition) is 3. The average Bonchev–Trinajstić information content (AvgIpc) is 2.73. The minimum Gasteiger partial charge on any atom is -0.490 e.